The maximum Gasteiger partial charge on any atom is 0.490 e. The van der Waals surface area contributed by atoms with Crippen molar-refractivity contribution < 1.29 is 60.0 Å². The maximum atomic E-state index is 15.1. The number of aliphatic carboxylic acids is 1. The van der Waals surface area contributed by atoms with E-state index in [0.717, 1.165) is 16.7 Å². The fourth-order valence-electron chi connectivity index (χ4n) is 9.06. The van der Waals surface area contributed by atoms with Crippen LogP contribution in [0.25, 0.3) is 39.3 Å². The van der Waals surface area contributed by atoms with Gasteiger partial charge in [0.1, 0.15) is 0 Å². The Balaban J connectivity index is 0.00000110. The van der Waals surface area contributed by atoms with Crippen molar-refractivity contribution in [1.82, 2.24) is 39.5 Å². The number of aromatic amines is 2. The molecule has 4 amide bonds. The average Bonchev–Trinajstić information content (AvgIpc) is 3.99. The Labute approximate surface area is 408 Å². The van der Waals surface area contributed by atoms with Gasteiger partial charge in [0.05, 0.1) is 52.7 Å². The first kappa shape index (κ1) is 54.1. The standard InChI is InChI=1S/C46H59N9O8S.C2HF3O2/c1-8-30-26(2)34-24-38-31(9-11-40(57)53(7)19-22-64(60,61)62)27(3)33(49-38)23-35-28(4)32(10-12-39(56)52(6)14-13-47)43(50-35)42-44-41(29(5)36(51-44)25-37(30)48-34)45(58)55(46(42)59)16-15-54-17-20-63-21-18-54;3-2(4,5)1(6)7/h9,11,23-25,28,32,49,51H,8,10,12-22,47H2,1-7H3,(H,60,61,62);(H,6,7)/b11-9+,33-23?,34-24?,35-23?,36-25?,37-25?,38-24?,43-42?;/t28-,32-;/m0./s1. The van der Waals surface area contributed by atoms with Gasteiger partial charge in [-0.15, -0.1) is 0 Å². The zero-order valence-electron chi connectivity index (χ0n) is 40.7. The summed E-state index contributed by atoms with van der Waals surface area (Å²) in [5, 5.41) is 7.12. The zero-order chi connectivity index (χ0) is 52.3. The predicted octanol–water partition coefficient (Wildman–Crippen LogP) is 5.28. The van der Waals surface area contributed by atoms with Crippen LogP contribution in [0.2, 0.25) is 0 Å². The van der Waals surface area contributed by atoms with Crippen LogP contribution in [0.1, 0.15) is 112 Å². The molecule has 1 fully saturated rings. The molecule has 0 saturated carbocycles. The molecule has 0 unspecified atom stereocenters. The van der Waals surface area contributed by atoms with Gasteiger partial charge in [-0.25, -0.2) is 9.78 Å². The summed E-state index contributed by atoms with van der Waals surface area (Å²) in [5.74, 6) is -5.38. The molecule has 0 aromatic carbocycles. The number of morpholine rings is 1. The van der Waals surface area contributed by atoms with Crippen molar-refractivity contribution >= 4 is 79.0 Å². The number of hydrogen-bond acceptors (Lipinski definition) is 12. The summed E-state index contributed by atoms with van der Waals surface area (Å²) < 4.78 is 69.3. The molecule has 384 valence electrons. The largest absolute Gasteiger partial charge is 0.490 e. The molecule has 2 atom stereocenters. The fourth-order valence-corrected chi connectivity index (χ4v) is 9.57. The van der Waals surface area contributed by atoms with Gasteiger partial charge in [-0.05, 0) is 80.2 Å². The topological polar surface area (TPSA) is 266 Å². The molecule has 0 aliphatic carbocycles. The zero-order valence-corrected chi connectivity index (χ0v) is 41.5. The number of nitrogens with two attached hydrogens (primary N) is 1. The minimum atomic E-state index is -5.08. The second kappa shape index (κ2) is 22.0. The van der Waals surface area contributed by atoms with Gasteiger partial charge in [-0.2, -0.15) is 21.6 Å². The Morgan fingerprint density at radius 3 is 2.18 bits per heavy atom. The molecule has 6 N–H and O–H groups in total. The number of allylic oxidation sites excluding steroid dienone is 2. The number of aryl methyl sites for hydroxylation is 2. The molecule has 4 aliphatic rings. The number of carbonyl (C=O) groups is 5. The van der Waals surface area contributed by atoms with E-state index < -0.39 is 39.8 Å². The molecule has 7 rings (SSSR count). The van der Waals surface area contributed by atoms with Gasteiger partial charge in [0.25, 0.3) is 21.9 Å². The molecule has 7 heterocycles. The normalized spacial score (nSPS) is 17.4. The molecule has 3 aromatic rings. The molecule has 3 aromatic heterocycles. The van der Waals surface area contributed by atoms with Crippen molar-refractivity contribution in [1.29, 1.82) is 0 Å². The maximum absolute atomic E-state index is 15.1. The number of carboxylic acid groups (broad SMARTS) is 1. The van der Waals surface area contributed by atoms with E-state index in [1.807, 2.05) is 45.9 Å². The van der Waals surface area contributed by atoms with Crippen LogP contribution in [0.3, 0.4) is 0 Å². The van der Waals surface area contributed by atoms with Crippen molar-refractivity contribution in [3.05, 3.63) is 74.9 Å². The number of nitrogens with zero attached hydrogens (tertiary/aromatic N) is 6. The fraction of sp³-hybridized carbons (Fsp3) is 0.479. The van der Waals surface area contributed by atoms with Gasteiger partial charge in [-0.1, -0.05) is 13.8 Å². The van der Waals surface area contributed by atoms with E-state index in [-0.39, 0.29) is 43.2 Å². The van der Waals surface area contributed by atoms with Gasteiger partial charge in [0.2, 0.25) is 11.8 Å². The van der Waals surface area contributed by atoms with Crippen molar-refractivity contribution in [2.75, 3.05) is 78.9 Å². The van der Waals surface area contributed by atoms with Crippen LogP contribution in [-0.4, -0.2) is 172 Å². The second-order valence-electron chi connectivity index (χ2n) is 17.9. The number of carboxylic acids is 1. The van der Waals surface area contributed by atoms with E-state index in [0.29, 0.717) is 126 Å². The van der Waals surface area contributed by atoms with Crippen LogP contribution in [0, 0.1) is 13.8 Å². The quantitative estimate of drug-likeness (QED) is 0.0782. The highest BCUT2D eigenvalue weighted by Crippen LogP contribution is 2.44. The van der Waals surface area contributed by atoms with Crippen molar-refractivity contribution in [3.63, 3.8) is 0 Å². The van der Waals surface area contributed by atoms with Crippen LogP contribution >= 0.6 is 0 Å². The highest BCUT2D eigenvalue weighted by molar-refractivity contribution is 7.85. The van der Waals surface area contributed by atoms with Crippen LogP contribution in [0.4, 0.5) is 13.2 Å². The summed E-state index contributed by atoms with van der Waals surface area (Å²) in [5.41, 5.74) is 15.6. The molecule has 23 heteroatoms. The van der Waals surface area contributed by atoms with Crippen molar-refractivity contribution in [2.24, 2.45) is 5.73 Å². The minimum absolute atomic E-state index is 0.0817. The smallest absolute Gasteiger partial charge is 0.475 e. The number of nitrogens with one attached hydrogen (secondary N) is 2. The first-order valence-corrected chi connectivity index (χ1v) is 24.7. The molecule has 71 heavy (non-hydrogen) atoms. The average molecular weight is 1010 g/mol. The van der Waals surface area contributed by atoms with E-state index in [9.17, 15) is 40.5 Å². The Hall–Kier alpha value is -6.27. The molecular weight excluding hydrogens is 952 g/mol. The number of aromatic nitrogens is 4. The molecule has 4 aliphatic heterocycles. The number of rotatable bonds is 14. The summed E-state index contributed by atoms with van der Waals surface area (Å²) >= 11 is 0. The lowest BCUT2D eigenvalue weighted by atomic mass is 9.84. The van der Waals surface area contributed by atoms with Gasteiger partial charge in [0, 0.05) is 112 Å². The molecule has 0 radical (unpaired) electrons. The summed E-state index contributed by atoms with van der Waals surface area (Å²) in [6.07, 6.45) is -0.824. The molecule has 19 nitrogen and oxygen atoms in total. The third-order valence-electron chi connectivity index (χ3n) is 13.3. The Morgan fingerprint density at radius 2 is 1.56 bits per heavy atom. The van der Waals surface area contributed by atoms with Crippen molar-refractivity contribution in [3.8, 4) is 0 Å². The SMILES string of the molecule is CCC1=C(C)c2cc3[nH]c(cc4nc(c5c6[nH]c(cc1n2)c(C)c6C(=O)N(CCN1CCOCC1)C5=O)[C@@H](CCC(=O)N(C)CCN)[C@@H]4C)c(C)c3/C=C/C(=O)N(C)CCS(=O)(=O)O.O=C(O)C(F)(F)F. The summed E-state index contributed by atoms with van der Waals surface area (Å²) in [7, 11) is -1.09. The monoisotopic (exact) mass is 1010 g/mol. The summed E-state index contributed by atoms with van der Waals surface area (Å²) in [4.78, 5) is 89.0. The van der Waals surface area contributed by atoms with Gasteiger partial charge in [-0.3, -0.25) is 38.5 Å². The molecule has 1 saturated heterocycles. The van der Waals surface area contributed by atoms with E-state index in [1.54, 1.807) is 18.0 Å². The number of likely N-dealkylation sites (N-methyl/N-ethyl adjacent to an activating group) is 2. The first-order chi connectivity index (χ1) is 33.4. The number of halogens is 3. The lowest BCUT2D eigenvalue weighted by molar-refractivity contribution is -0.192. The van der Waals surface area contributed by atoms with E-state index in [2.05, 4.69) is 21.8 Å². The third kappa shape index (κ3) is 12.1. The first-order valence-electron chi connectivity index (χ1n) is 23.1. The second-order valence-corrected chi connectivity index (χ2v) is 19.5. The lowest BCUT2D eigenvalue weighted by Gasteiger charge is -2.31. The number of ether oxygens (including phenoxy) is 1. The van der Waals surface area contributed by atoms with E-state index >= 15 is 4.79 Å². The Kier molecular flexibility index (Phi) is 16.8. The number of amides is 4. The number of hydrogen-bond donors (Lipinski definition) is 5. The van der Waals surface area contributed by atoms with Gasteiger partial charge >= 0.3 is 12.1 Å². The van der Waals surface area contributed by atoms with Gasteiger partial charge < -0.3 is 35.3 Å². The predicted molar refractivity (Wildman–Crippen MR) is 260 cm³/mol. The van der Waals surface area contributed by atoms with E-state index in [1.165, 1.54) is 22.9 Å². The molecule has 0 spiro atoms. The van der Waals surface area contributed by atoms with Crippen molar-refractivity contribution in [2.45, 2.75) is 71.9 Å². The highest BCUT2D eigenvalue weighted by Gasteiger charge is 2.41. The molecule has 8 bridgehead atoms. The summed E-state index contributed by atoms with van der Waals surface area (Å²) in [6.45, 7) is 13.6. The lowest BCUT2D eigenvalue weighted by Crippen LogP contribution is -2.47. The number of carbonyl (C=O) groups excluding carboxylic acids is 4. The van der Waals surface area contributed by atoms with Crippen LogP contribution < -0.4 is 5.73 Å². The molecular formula is C48H60F3N9O10S. The van der Waals surface area contributed by atoms with Crippen LogP contribution in [0.5, 0.6) is 0 Å². The minimum Gasteiger partial charge on any atom is -0.475 e. The van der Waals surface area contributed by atoms with Crippen LogP contribution in [-0.2, 0) is 29.2 Å². The summed E-state index contributed by atoms with van der Waals surface area (Å²) in [6, 6.07) is 5.80. The van der Waals surface area contributed by atoms with Crippen LogP contribution in [0.15, 0.2) is 24.3 Å². The Morgan fingerprint density at radius 1 is 0.930 bits per heavy atom. The Bertz CT molecular complexity index is 2960. The van der Waals surface area contributed by atoms with Gasteiger partial charge in [0.15, 0.2) is 0 Å². The highest BCUT2D eigenvalue weighted by atomic mass is 32.2. The number of imide groups is 1. The van der Waals surface area contributed by atoms with E-state index in [4.69, 9.17) is 30.3 Å². The third-order valence-corrected chi connectivity index (χ3v) is 14.0. The number of H-pyrrole nitrogens is 2. The number of alkyl halides is 3. The number of fused-ring (bicyclic) bond motifs is 8.